The van der Waals surface area contributed by atoms with Gasteiger partial charge in [0.2, 0.25) is 0 Å². The lowest BCUT2D eigenvalue weighted by Crippen LogP contribution is -2.33. The molecule has 5 nitrogen and oxygen atoms in total. The zero-order chi connectivity index (χ0) is 10.8. The molecule has 0 aliphatic carbocycles. The highest BCUT2D eigenvalue weighted by molar-refractivity contribution is 7.98. The van der Waals surface area contributed by atoms with Gasteiger partial charge in [-0.15, -0.1) is 0 Å². The third-order valence-corrected chi connectivity index (χ3v) is 2.65. The van der Waals surface area contributed by atoms with E-state index >= 15 is 0 Å². The normalized spacial score (nSPS) is 13.2. The van der Waals surface area contributed by atoms with Crippen molar-refractivity contribution in [2.24, 2.45) is 10.3 Å². The Morgan fingerprint density at radius 1 is 1.43 bits per heavy atom. The second kappa shape index (κ2) is 4.14. The molecule has 0 saturated carbocycles. The maximum Gasteiger partial charge on any atom is 0.127 e. The molecule has 0 aliphatic heterocycles. The van der Waals surface area contributed by atoms with E-state index in [4.69, 9.17) is 10.3 Å². The smallest absolute Gasteiger partial charge is 0.127 e. The monoisotopic (exact) mass is 216 g/mol. The number of nitrogens with zero attached hydrogens (tertiary/aromatic N) is 2. The van der Waals surface area contributed by atoms with E-state index in [0.29, 0.717) is 0 Å². The average Bonchev–Trinajstić information content (AvgIpc) is 2.02. The van der Waals surface area contributed by atoms with Gasteiger partial charge >= 0.3 is 0 Å². The highest BCUT2D eigenvalue weighted by Gasteiger charge is 2.06. The molecule has 0 radical (unpaired) electrons. The van der Waals surface area contributed by atoms with E-state index in [1.165, 1.54) is 0 Å². The van der Waals surface area contributed by atoms with E-state index in [1.54, 1.807) is 12.3 Å². The van der Waals surface area contributed by atoms with Crippen LogP contribution < -0.4 is 10.3 Å². The number of rotatable bonds is 3. The summed E-state index contributed by atoms with van der Waals surface area (Å²) in [5.41, 5.74) is 1.03. The van der Waals surface area contributed by atoms with Gasteiger partial charge in [0.25, 0.3) is 0 Å². The van der Waals surface area contributed by atoms with Gasteiger partial charge in [-0.25, -0.2) is 4.98 Å². The minimum atomic E-state index is -3.20. The summed E-state index contributed by atoms with van der Waals surface area (Å²) in [5.74, 6) is 0. The van der Waals surface area contributed by atoms with Crippen molar-refractivity contribution in [2.45, 2.75) is 11.6 Å². The molecule has 0 aromatic carbocycles. The van der Waals surface area contributed by atoms with Crippen molar-refractivity contribution < 1.29 is 4.21 Å². The Labute approximate surface area is 84.8 Å². The maximum absolute atomic E-state index is 11.2. The first-order valence-corrected chi connectivity index (χ1v) is 6.01. The SMILES string of the molecule is CN(C)Cc1ccc([SH](N)(N)=O)nc1. The van der Waals surface area contributed by atoms with Gasteiger partial charge in [-0.2, -0.15) is 0 Å². The molecule has 0 spiro atoms. The van der Waals surface area contributed by atoms with Crippen molar-refractivity contribution in [1.82, 2.24) is 9.88 Å². The Morgan fingerprint density at radius 2 is 2.07 bits per heavy atom. The van der Waals surface area contributed by atoms with Crippen LogP contribution in [0.25, 0.3) is 0 Å². The molecule has 6 heteroatoms. The van der Waals surface area contributed by atoms with Crippen LogP contribution in [0.4, 0.5) is 0 Å². The van der Waals surface area contributed by atoms with Crippen LogP contribution in [0.3, 0.4) is 0 Å². The molecule has 80 valence electrons. The summed E-state index contributed by atoms with van der Waals surface area (Å²) < 4.78 is 11.2. The Kier molecular flexibility index (Phi) is 3.33. The van der Waals surface area contributed by atoms with Crippen LogP contribution in [0.2, 0.25) is 0 Å². The van der Waals surface area contributed by atoms with Gasteiger partial charge in [0.05, 0.1) is 0 Å². The summed E-state index contributed by atoms with van der Waals surface area (Å²) in [6.45, 7) is 0.784. The maximum atomic E-state index is 11.2. The molecule has 0 saturated heterocycles. The fourth-order valence-electron chi connectivity index (χ4n) is 1.08. The van der Waals surface area contributed by atoms with Gasteiger partial charge < -0.3 is 4.90 Å². The van der Waals surface area contributed by atoms with Crippen LogP contribution in [0.15, 0.2) is 23.4 Å². The Hall–Kier alpha value is -0.820. The first-order valence-electron chi connectivity index (χ1n) is 4.17. The third-order valence-electron chi connectivity index (χ3n) is 1.67. The summed E-state index contributed by atoms with van der Waals surface area (Å²) in [6.07, 6.45) is 1.64. The lowest BCUT2D eigenvalue weighted by atomic mass is 10.3. The van der Waals surface area contributed by atoms with E-state index in [0.717, 1.165) is 12.1 Å². The highest BCUT2D eigenvalue weighted by Crippen LogP contribution is 2.07. The van der Waals surface area contributed by atoms with Crippen molar-refractivity contribution in [2.75, 3.05) is 14.1 Å². The second-order valence-electron chi connectivity index (χ2n) is 3.47. The Morgan fingerprint density at radius 3 is 2.43 bits per heavy atom. The molecular weight excluding hydrogens is 200 g/mol. The summed E-state index contributed by atoms with van der Waals surface area (Å²) in [4.78, 5) is 5.98. The summed E-state index contributed by atoms with van der Waals surface area (Å²) in [7, 11) is 0.729. The summed E-state index contributed by atoms with van der Waals surface area (Å²) in [5, 5.41) is 10.8. The van der Waals surface area contributed by atoms with Crippen LogP contribution in [0.1, 0.15) is 5.56 Å². The Bertz CT molecular complexity index is 343. The first kappa shape index (κ1) is 11.3. The number of thiol groups is 1. The molecule has 0 bridgehead atoms. The predicted molar refractivity (Wildman–Crippen MR) is 57.8 cm³/mol. The minimum Gasteiger partial charge on any atom is -0.305 e. The molecule has 0 fully saturated rings. The van der Waals surface area contributed by atoms with Crippen molar-refractivity contribution in [1.29, 1.82) is 0 Å². The number of hydrogen-bond acceptors (Lipinski definition) is 3. The van der Waals surface area contributed by atoms with Gasteiger partial charge in [-0.05, 0) is 25.7 Å². The highest BCUT2D eigenvalue weighted by atomic mass is 32.3. The molecule has 1 aromatic rings. The molecule has 1 aromatic heterocycles. The second-order valence-corrected chi connectivity index (χ2v) is 5.35. The molecule has 14 heavy (non-hydrogen) atoms. The first-order chi connectivity index (χ1) is 6.39. The van der Waals surface area contributed by atoms with Crippen molar-refractivity contribution >= 4 is 10.3 Å². The van der Waals surface area contributed by atoms with Crippen LogP contribution in [-0.4, -0.2) is 28.2 Å². The number of pyridine rings is 1. The molecular formula is C8H16N4OS. The molecule has 4 N–H and O–H groups in total. The molecule has 1 rings (SSSR count). The molecule has 0 aliphatic rings. The standard InChI is InChI=1S/C8H16N4OS/c1-12(2)6-7-3-4-8(11-5-7)14(9,10)13/h3-5,14H,6H2,1-2H3,(H4,9,10,13). The van der Waals surface area contributed by atoms with Gasteiger partial charge in [0.1, 0.15) is 5.03 Å². The zero-order valence-corrected chi connectivity index (χ0v) is 9.24. The zero-order valence-electron chi connectivity index (χ0n) is 8.34. The quantitative estimate of drug-likeness (QED) is 0.582. The predicted octanol–water partition coefficient (Wildman–Crippen LogP) is -0.734. The Balaban J connectivity index is 2.84. The van der Waals surface area contributed by atoms with Gasteiger partial charge in [-0.3, -0.25) is 14.5 Å². The van der Waals surface area contributed by atoms with E-state index in [1.807, 2.05) is 25.1 Å². The van der Waals surface area contributed by atoms with E-state index < -0.39 is 10.3 Å². The fourth-order valence-corrected chi connectivity index (χ4v) is 1.63. The summed E-state index contributed by atoms with van der Waals surface area (Å²) >= 11 is 0. The van der Waals surface area contributed by atoms with Crippen molar-refractivity contribution in [3.63, 3.8) is 0 Å². The molecule has 0 unspecified atom stereocenters. The lowest BCUT2D eigenvalue weighted by Gasteiger charge is -2.13. The molecule has 0 atom stereocenters. The topological polar surface area (TPSA) is 85.2 Å². The van der Waals surface area contributed by atoms with Crippen LogP contribution >= 0.6 is 0 Å². The van der Waals surface area contributed by atoms with Crippen LogP contribution in [-0.2, 0) is 16.8 Å². The number of nitrogens with two attached hydrogens (primary N) is 2. The van der Waals surface area contributed by atoms with Gasteiger partial charge in [0, 0.05) is 23.0 Å². The van der Waals surface area contributed by atoms with E-state index in [2.05, 4.69) is 4.98 Å². The minimum absolute atomic E-state index is 0.264. The molecule has 1 heterocycles. The van der Waals surface area contributed by atoms with Crippen molar-refractivity contribution in [3.8, 4) is 0 Å². The van der Waals surface area contributed by atoms with E-state index in [9.17, 15) is 4.21 Å². The summed E-state index contributed by atoms with van der Waals surface area (Å²) in [6, 6.07) is 3.44. The fraction of sp³-hybridized carbons (Fsp3) is 0.375. The van der Waals surface area contributed by atoms with Crippen LogP contribution in [0.5, 0.6) is 0 Å². The van der Waals surface area contributed by atoms with E-state index in [-0.39, 0.29) is 5.03 Å². The third kappa shape index (κ3) is 3.15. The number of hydrogen-bond donors (Lipinski definition) is 3. The van der Waals surface area contributed by atoms with Crippen molar-refractivity contribution in [3.05, 3.63) is 23.9 Å². The van der Waals surface area contributed by atoms with Gasteiger partial charge in [0.15, 0.2) is 0 Å². The largest absolute Gasteiger partial charge is 0.305 e. The lowest BCUT2D eigenvalue weighted by molar-refractivity contribution is 0.401. The average molecular weight is 216 g/mol. The van der Waals surface area contributed by atoms with Gasteiger partial charge in [-0.1, -0.05) is 6.07 Å². The molecule has 0 amide bonds. The number of aromatic nitrogens is 1. The van der Waals surface area contributed by atoms with Crippen LogP contribution in [0, 0.1) is 0 Å².